The van der Waals surface area contributed by atoms with Crippen LogP contribution in [0.4, 0.5) is 0 Å². The van der Waals surface area contributed by atoms with Crippen molar-refractivity contribution in [2.24, 2.45) is 0 Å². The van der Waals surface area contributed by atoms with Crippen LogP contribution in [-0.2, 0) is 27.2 Å². The normalized spacial score (nSPS) is 12.1. The highest BCUT2D eigenvalue weighted by Crippen LogP contribution is 2.22. The van der Waals surface area contributed by atoms with Crippen LogP contribution in [-0.4, -0.2) is 67.4 Å². The van der Waals surface area contributed by atoms with E-state index < -0.39 is 18.0 Å². The zero-order valence-corrected chi connectivity index (χ0v) is 19.5. The summed E-state index contributed by atoms with van der Waals surface area (Å²) in [5.74, 6) is -0.141. The predicted molar refractivity (Wildman–Crippen MR) is 122 cm³/mol. The second kappa shape index (κ2) is 12.8. The van der Waals surface area contributed by atoms with E-state index in [1.165, 1.54) is 0 Å². The van der Waals surface area contributed by atoms with Crippen LogP contribution in [0.5, 0.6) is 11.5 Å². The molecule has 0 fully saturated rings. The third kappa shape index (κ3) is 10.4. The molecule has 33 heavy (non-hydrogen) atoms. The number of carboxylic acids is 1. The summed E-state index contributed by atoms with van der Waals surface area (Å²) in [7, 11) is 4.89. The Bertz CT molecular complexity index is 908. The van der Waals surface area contributed by atoms with Crippen LogP contribution in [0, 0.1) is 0 Å². The zero-order valence-electron chi connectivity index (χ0n) is 19.5. The number of ether oxygens (including phenoxy) is 3. The van der Waals surface area contributed by atoms with Gasteiger partial charge in [0.15, 0.2) is 0 Å². The first-order chi connectivity index (χ1) is 15.7. The maximum atomic E-state index is 12.1. The first kappa shape index (κ1) is 26.2. The van der Waals surface area contributed by atoms with Crippen molar-refractivity contribution in [2.45, 2.75) is 38.2 Å². The minimum atomic E-state index is -1.06. The number of para-hydroxylation sites is 1. The minimum Gasteiger partial charge on any atom is -0.497 e. The lowest BCUT2D eigenvalue weighted by Crippen LogP contribution is -2.39. The first-order valence-corrected chi connectivity index (χ1v) is 11.0. The lowest BCUT2D eigenvalue weighted by Gasteiger charge is -2.24. The SMILES string of the molecule is COc1cccc(CCc2ccccc2OCC(CC[N+](C)(C)O)OC(=O)CCC(=O)O)c1. The summed E-state index contributed by atoms with van der Waals surface area (Å²) in [6.07, 6.45) is 0.826. The van der Waals surface area contributed by atoms with Crippen molar-refractivity contribution in [3.05, 3.63) is 59.7 Å². The van der Waals surface area contributed by atoms with Gasteiger partial charge < -0.3 is 19.3 Å². The van der Waals surface area contributed by atoms with Gasteiger partial charge in [0.25, 0.3) is 0 Å². The fourth-order valence-corrected chi connectivity index (χ4v) is 3.23. The quantitative estimate of drug-likeness (QED) is 0.253. The van der Waals surface area contributed by atoms with E-state index in [0.29, 0.717) is 18.7 Å². The van der Waals surface area contributed by atoms with Gasteiger partial charge in [0.1, 0.15) is 30.8 Å². The van der Waals surface area contributed by atoms with Crippen LogP contribution in [0.2, 0.25) is 0 Å². The molecule has 0 spiro atoms. The number of carbonyl (C=O) groups is 2. The van der Waals surface area contributed by atoms with Gasteiger partial charge in [-0.05, 0) is 42.2 Å². The van der Waals surface area contributed by atoms with Gasteiger partial charge >= 0.3 is 11.9 Å². The fraction of sp³-hybridized carbons (Fsp3) is 0.440. The van der Waals surface area contributed by atoms with Crippen LogP contribution in [0.25, 0.3) is 0 Å². The number of hydrogen-bond donors (Lipinski definition) is 2. The Kier molecular flexibility index (Phi) is 10.2. The van der Waals surface area contributed by atoms with Crippen molar-refractivity contribution in [1.82, 2.24) is 0 Å². The molecule has 8 nitrogen and oxygen atoms in total. The molecular formula is C25H34NO7+. The Labute approximate surface area is 194 Å². The molecule has 2 aromatic carbocycles. The summed E-state index contributed by atoms with van der Waals surface area (Å²) in [6, 6.07) is 15.6. The molecule has 0 bridgehead atoms. The van der Waals surface area contributed by atoms with Crippen molar-refractivity contribution >= 4 is 11.9 Å². The highest BCUT2D eigenvalue weighted by molar-refractivity contribution is 5.76. The van der Waals surface area contributed by atoms with Gasteiger partial charge in [-0.15, -0.1) is 0 Å². The molecule has 0 saturated carbocycles. The van der Waals surface area contributed by atoms with Crippen LogP contribution >= 0.6 is 0 Å². The van der Waals surface area contributed by atoms with Gasteiger partial charge in [0, 0.05) is 6.42 Å². The standard InChI is InChI=1S/C25H33NO7/c1-26(2,30)16-15-22(33-25(29)14-13-24(27)28)18-32-23-10-5-4-8-20(23)12-11-19-7-6-9-21(17-19)31-3/h4-10,17,22,30H,11-16,18H2,1-3H3/p+1. The van der Waals surface area contributed by atoms with Crippen LogP contribution < -0.4 is 9.47 Å². The number of aryl methyl sites for hydroxylation is 2. The van der Waals surface area contributed by atoms with E-state index in [9.17, 15) is 14.8 Å². The Morgan fingerprint density at radius 1 is 1.03 bits per heavy atom. The van der Waals surface area contributed by atoms with Crippen molar-refractivity contribution in [3.8, 4) is 11.5 Å². The second-order valence-electron chi connectivity index (χ2n) is 8.41. The number of nitrogens with zero attached hydrogens (tertiary/aromatic N) is 1. The number of quaternary nitrogens is 1. The lowest BCUT2D eigenvalue weighted by molar-refractivity contribution is -1.07. The molecule has 0 radical (unpaired) electrons. The van der Waals surface area contributed by atoms with Crippen molar-refractivity contribution in [2.75, 3.05) is 34.4 Å². The highest BCUT2D eigenvalue weighted by Gasteiger charge is 2.21. The molecule has 0 aliphatic heterocycles. The van der Waals surface area contributed by atoms with Crippen molar-refractivity contribution in [1.29, 1.82) is 0 Å². The molecular weight excluding hydrogens is 426 g/mol. The molecule has 0 aliphatic carbocycles. The monoisotopic (exact) mass is 460 g/mol. The van der Waals surface area contributed by atoms with Crippen LogP contribution in [0.15, 0.2) is 48.5 Å². The van der Waals surface area contributed by atoms with E-state index in [1.54, 1.807) is 21.2 Å². The number of esters is 1. The van der Waals surface area contributed by atoms with Crippen LogP contribution in [0.1, 0.15) is 30.4 Å². The second-order valence-corrected chi connectivity index (χ2v) is 8.41. The van der Waals surface area contributed by atoms with Gasteiger partial charge in [0.2, 0.25) is 0 Å². The summed E-state index contributed by atoms with van der Waals surface area (Å²) in [5, 5.41) is 18.8. The molecule has 0 aliphatic rings. The van der Waals surface area contributed by atoms with Crippen molar-refractivity contribution < 1.29 is 38.8 Å². The molecule has 2 rings (SSSR count). The maximum Gasteiger partial charge on any atom is 0.306 e. The maximum absolute atomic E-state index is 12.1. The minimum absolute atomic E-state index is 0.106. The summed E-state index contributed by atoms with van der Waals surface area (Å²) in [4.78, 5) is 22.8. The summed E-state index contributed by atoms with van der Waals surface area (Å²) in [6.45, 7) is 0.451. The van der Waals surface area contributed by atoms with Crippen molar-refractivity contribution in [3.63, 3.8) is 0 Å². The van der Waals surface area contributed by atoms with E-state index in [2.05, 4.69) is 0 Å². The van der Waals surface area contributed by atoms with E-state index in [-0.39, 0.29) is 24.1 Å². The highest BCUT2D eigenvalue weighted by atomic mass is 16.6. The average Bonchev–Trinajstić information content (AvgIpc) is 2.78. The van der Waals surface area contributed by atoms with Gasteiger partial charge in [-0.2, -0.15) is 4.65 Å². The van der Waals surface area contributed by atoms with E-state index >= 15 is 0 Å². The molecule has 8 heteroatoms. The summed E-state index contributed by atoms with van der Waals surface area (Å²) >= 11 is 0. The largest absolute Gasteiger partial charge is 0.497 e. The molecule has 0 amide bonds. The van der Waals surface area contributed by atoms with E-state index in [0.717, 1.165) is 29.7 Å². The Balaban J connectivity index is 2.01. The van der Waals surface area contributed by atoms with Gasteiger partial charge in [-0.3, -0.25) is 9.59 Å². The van der Waals surface area contributed by atoms with Gasteiger partial charge in [-0.25, -0.2) is 5.21 Å². The fourth-order valence-electron chi connectivity index (χ4n) is 3.23. The smallest absolute Gasteiger partial charge is 0.306 e. The third-order valence-electron chi connectivity index (χ3n) is 5.05. The Morgan fingerprint density at radius 3 is 2.48 bits per heavy atom. The molecule has 0 aromatic heterocycles. The van der Waals surface area contributed by atoms with Crippen LogP contribution in [0.3, 0.4) is 0 Å². The first-order valence-electron chi connectivity index (χ1n) is 11.0. The Morgan fingerprint density at radius 2 is 1.79 bits per heavy atom. The molecule has 0 heterocycles. The number of benzene rings is 2. The average molecular weight is 461 g/mol. The van der Waals surface area contributed by atoms with Gasteiger partial charge in [0.05, 0.1) is 34.0 Å². The lowest BCUT2D eigenvalue weighted by atomic mass is 10.0. The number of hydroxylamine groups is 3. The Hall–Kier alpha value is -3.10. The molecule has 2 N–H and O–H groups in total. The number of hydrogen-bond acceptors (Lipinski definition) is 6. The third-order valence-corrected chi connectivity index (χ3v) is 5.05. The topological polar surface area (TPSA) is 102 Å². The number of aliphatic carboxylic acids is 1. The molecule has 180 valence electrons. The molecule has 0 saturated heterocycles. The zero-order chi connectivity index (χ0) is 24.3. The number of methoxy groups -OCH3 is 1. The summed E-state index contributed by atoms with van der Waals surface area (Å²) in [5.41, 5.74) is 2.17. The number of rotatable bonds is 14. The molecule has 2 aromatic rings. The number of carbonyl (C=O) groups excluding carboxylic acids is 1. The summed E-state index contributed by atoms with van der Waals surface area (Å²) < 4.78 is 16.5. The van der Waals surface area contributed by atoms with Gasteiger partial charge in [-0.1, -0.05) is 30.3 Å². The van der Waals surface area contributed by atoms with E-state index in [4.69, 9.17) is 19.3 Å². The predicted octanol–water partition coefficient (Wildman–Crippen LogP) is 3.49. The molecule has 1 unspecified atom stereocenters. The van der Waals surface area contributed by atoms with E-state index in [1.807, 2.05) is 48.5 Å². The molecule has 1 atom stereocenters. The number of carboxylic acid groups (broad SMARTS) is 1.